The Kier molecular flexibility index (Phi) is 4.05. The van der Waals surface area contributed by atoms with Gasteiger partial charge in [-0.2, -0.15) is 18.2 Å². The number of imidazole rings is 1. The average Bonchev–Trinajstić information content (AvgIpc) is 2.96. The lowest BCUT2D eigenvalue weighted by molar-refractivity contribution is -0.141. The first kappa shape index (κ1) is 15.9. The summed E-state index contributed by atoms with van der Waals surface area (Å²) in [5.74, 6) is 1.04. The lowest BCUT2D eigenvalue weighted by atomic mass is 9.96. The van der Waals surface area contributed by atoms with Gasteiger partial charge in [-0.05, 0) is 12.8 Å². The quantitative estimate of drug-likeness (QED) is 0.817. The van der Waals surface area contributed by atoms with Gasteiger partial charge in [0.25, 0.3) is 0 Å². The summed E-state index contributed by atoms with van der Waals surface area (Å²) in [4.78, 5) is 16.2. The lowest BCUT2D eigenvalue weighted by Gasteiger charge is -2.32. The summed E-state index contributed by atoms with van der Waals surface area (Å²) in [7, 11) is 0. The van der Waals surface area contributed by atoms with Crippen molar-refractivity contribution in [3.63, 3.8) is 0 Å². The summed E-state index contributed by atoms with van der Waals surface area (Å²) >= 11 is 5.86. The van der Waals surface area contributed by atoms with Crippen molar-refractivity contribution in [1.82, 2.24) is 19.9 Å². The van der Waals surface area contributed by atoms with Crippen molar-refractivity contribution in [2.45, 2.75) is 24.9 Å². The van der Waals surface area contributed by atoms with E-state index in [4.69, 9.17) is 17.3 Å². The zero-order valence-corrected chi connectivity index (χ0v) is 12.7. The highest BCUT2D eigenvalue weighted by molar-refractivity contribution is 6.29. The molecule has 1 fully saturated rings. The highest BCUT2D eigenvalue weighted by atomic mass is 35.5. The molecule has 124 valence electrons. The molecule has 0 aromatic carbocycles. The Morgan fingerprint density at radius 2 is 1.96 bits per heavy atom. The number of anilines is 2. The molecular weight excluding hydrogens is 333 g/mol. The minimum Gasteiger partial charge on any atom is -0.368 e. The second-order valence-electron chi connectivity index (χ2n) is 5.35. The molecule has 0 spiro atoms. The Labute approximate surface area is 134 Å². The second-order valence-corrected chi connectivity index (χ2v) is 5.74. The van der Waals surface area contributed by atoms with Crippen molar-refractivity contribution in [3.05, 3.63) is 28.9 Å². The Morgan fingerprint density at radius 3 is 2.52 bits per heavy atom. The first-order chi connectivity index (χ1) is 10.8. The molecule has 0 unspecified atom stereocenters. The topological polar surface area (TPSA) is 83.7 Å². The van der Waals surface area contributed by atoms with Crippen LogP contribution in [0.15, 0.2) is 12.3 Å². The van der Waals surface area contributed by atoms with Crippen molar-refractivity contribution >= 4 is 23.4 Å². The van der Waals surface area contributed by atoms with Crippen LogP contribution in [0.2, 0.25) is 5.15 Å². The number of hydrogen-bond donors (Lipinski definition) is 2. The van der Waals surface area contributed by atoms with Crippen LogP contribution in [0.1, 0.15) is 30.3 Å². The monoisotopic (exact) mass is 346 g/mol. The molecule has 10 heteroatoms. The molecule has 2 aromatic rings. The normalized spacial score (nSPS) is 16.8. The zero-order chi connectivity index (χ0) is 16.6. The van der Waals surface area contributed by atoms with Crippen LogP contribution in [-0.4, -0.2) is 33.0 Å². The molecule has 0 saturated carbocycles. The van der Waals surface area contributed by atoms with E-state index < -0.39 is 11.9 Å². The van der Waals surface area contributed by atoms with E-state index >= 15 is 0 Å². The Balaban J connectivity index is 1.67. The van der Waals surface area contributed by atoms with E-state index in [2.05, 4.69) is 19.9 Å². The first-order valence-electron chi connectivity index (χ1n) is 7.00. The fraction of sp³-hybridized carbons (Fsp3) is 0.462. The molecule has 23 heavy (non-hydrogen) atoms. The number of nitrogens with zero attached hydrogens (tertiary/aromatic N) is 4. The molecule has 1 aliphatic heterocycles. The number of hydrogen-bond acceptors (Lipinski definition) is 5. The molecule has 3 rings (SSSR count). The van der Waals surface area contributed by atoms with Crippen molar-refractivity contribution in [1.29, 1.82) is 0 Å². The summed E-state index contributed by atoms with van der Waals surface area (Å²) in [5, 5.41) is 0.260. The van der Waals surface area contributed by atoms with E-state index in [1.807, 2.05) is 4.90 Å². The maximum atomic E-state index is 12.6. The van der Waals surface area contributed by atoms with Gasteiger partial charge in [-0.15, -0.1) is 0 Å². The summed E-state index contributed by atoms with van der Waals surface area (Å²) in [5.41, 5.74) is 4.76. The number of nitrogens with two attached hydrogens (primary N) is 1. The van der Waals surface area contributed by atoms with Crippen molar-refractivity contribution in [2.24, 2.45) is 0 Å². The van der Waals surface area contributed by atoms with Crippen LogP contribution in [-0.2, 0) is 6.18 Å². The van der Waals surface area contributed by atoms with Gasteiger partial charge < -0.3 is 15.6 Å². The SMILES string of the molecule is Nc1nc(Cl)cc(N2CCC(c3ncc(C(F)(F)F)[nH]3)CC2)n1. The maximum Gasteiger partial charge on any atom is 0.432 e. The van der Waals surface area contributed by atoms with E-state index in [-0.39, 0.29) is 17.0 Å². The van der Waals surface area contributed by atoms with Gasteiger partial charge in [0.05, 0.1) is 6.20 Å². The minimum atomic E-state index is -4.40. The number of H-pyrrole nitrogens is 1. The van der Waals surface area contributed by atoms with E-state index in [9.17, 15) is 13.2 Å². The first-order valence-corrected chi connectivity index (χ1v) is 7.38. The van der Waals surface area contributed by atoms with Gasteiger partial charge >= 0.3 is 6.18 Å². The van der Waals surface area contributed by atoms with Crippen LogP contribution in [0.3, 0.4) is 0 Å². The van der Waals surface area contributed by atoms with Crippen molar-refractivity contribution in [2.75, 3.05) is 23.7 Å². The molecule has 3 N–H and O–H groups in total. The van der Waals surface area contributed by atoms with Gasteiger partial charge in [0.1, 0.15) is 22.5 Å². The molecule has 2 aromatic heterocycles. The molecular formula is C13H14ClF3N6. The number of aromatic nitrogens is 4. The van der Waals surface area contributed by atoms with E-state index in [1.165, 1.54) is 0 Å². The molecule has 6 nitrogen and oxygen atoms in total. The molecule has 1 aliphatic rings. The third kappa shape index (κ3) is 3.49. The van der Waals surface area contributed by atoms with Crippen LogP contribution < -0.4 is 10.6 Å². The van der Waals surface area contributed by atoms with Gasteiger partial charge in [-0.25, -0.2) is 9.97 Å². The number of rotatable bonds is 2. The highest BCUT2D eigenvalue weighted by Crippen LogP contribution is 2.32. The molecule has 0 amide bonds. The van der Waals surface area contributed by atoms with Crippen LogP contribution in [0.5, 0.6) is 0 Å². The third-order valence-electron chi connectivity index (χ3n) is 3.81. The van der Waals surface area contributed by atoms with Crippen LogP contribution in [0.25, 0.3) is 0 Å². The van der Waals surface area contributed by atoms with Crippen LogP contribution in [0.4, 0.5) is 24.9 Å². The number of nitrogen functional groups attached to an aromatic ring is 1. The Hall–Kier alpha value is -2.03. The van der Waals surface area contributed by atoms with Crippen LogP contribution >= 0.6 is 11.6 Å². The predicted octanol–water partition coefficient (Wildman–Crippen LogP) is 2.84. The molecule has 0 atom stereocenters. The number of aromatic amines is 1. The van der Waals surface area contributed by atoms with Gasteiger partial charge in [0.2, 0.25) is 5.95 Å². The highest BCUT2D eigenvalue weighted by Gasteiger charge is 2.34. The van der Waals surface area contributed by atoms with E-state index in [0.717, 1.165) is 6.20 Å². The van der Waals surface area contributed by atoms with Crippen LogP contribution in [0, 0.1) is 0 Å². The number of halogens is 4. The summed E-state index contributed by atoms with van der Waals surface area (Å²) < 4.78 is 37.8. The summed E-state index contributed by atoms with van der Waals surface area (Å²) in [6.45, 7) is 1.25. The maximum absolute atomic E-state index is 12.6. The molecule has 0 bridgehead atoms. The lowest BCUT2D eigenvalue weighted by Crippen LogP contribution is -2.34. The fourth-order valence-corrected chi connectivity index (χ4v) is 2.84. The summed E-state index contributed by atoms with van der Waals surface area (Å²) in [6, 6.07) is 1.62. The average molecular weight is 347 g/mol. The van der Waals surface area contributed by atoms with Gasteiger partial charge in [0.15, 0.2) is 0 Å². The Bertz CT molecular complexity index is 673. The van der Waals surface area contributed by atoms with E-state index in [0.29, 0.717) is 37.6 Å². The van der Waals surface area contributed by atoms with Gasteiger partial charge in [-0.1, -0.05) is 11.6 Å². The molecule has 0 radical (unpaired) electrons. The standard InChI is InChI=1S/C13H14ClF3N6/c14-9-5-10(22-12(18)21-9)23-3-1-7(2-4-23)11-19-6-8(20-11)13(15,16)17/h5-7H,1-4H2,(H,19,20)(H2,18,21,22). The number of nitrogens with one attached hydrogen (secondary N) is 1. The summed E-state index contributed by atoms with van der Waals surface area (Å²) in [6.07, 6.45) is -2.24. The number of alkyl halides is 3. The zero-order valence-electron chi connectivity index (χ0n) is 11.9. The fourth-order valence-electron chi connectivity index (χ4n) is 2.66. The number of piperidine rings is 1. The second kappa shape index (κ2) is 5.88. The molecule has 3 heterocycles. The molecule has 1 saturated heterocycles. The Morgan fingerprint density at radius 1 is 1.26 bits per heavy atom. The van der Waals surface area contributed by atoms with Gasteiger partial charge in [0, 0.05) is 25.1 Å². The smallest absolute Gasteiger partial charge is 0.368 e. The van der Waals surface area contributed by atoms with E-state index in [1.54, 1.807) is 6.07 Å². The largest absolute Gasteiger partial charge is 0.432 e. The van der Waals surface area contributed by atoms with Crippen molar-refractivity contribution in [3.8, 4) is 0 Å². The van der Waals surface area contributed by atoms with Gasteiger partial charge in [-0.3, -0.25) is 0 Å². The van der Waals surface area contributed by atoms with Crippen molar-refractivity contribution < 1.29 is 13.2 Å². The molecule has 0 aliphatic carbocycles. The minimum absolute atomic E-state index is 0.0444. The predicted molar refractivity (Wildman–Crippen MR) is 79.2 cm³/mol. The third-order valence-corrected chi connectivity index (χ3v) is 4.00.